The van der Waals surface area contributed by atoms with E-state index in [1.54, 1.807) is 6.33 Å². The van der Waals surface area contributed by atoms with Crippen molar-refractivity contribution in [1.29, 1.82) is 0 Å². The van der Waals surface area contributed by atoms with E-state index in [4.69, 9.17) is 4.42 Å². The molecule has 0 spiro atoms. The highest BCUT2D eigenvalue weighted by Crippen LogP contribution is 2.30. The molecule has 5 heteroatoms. The molecule has 2 heterocycles. The van der Waals surface area contributed by atoms with Gasteiger partial charge in [-0.2, -0.15) is 0 Å². The van der Waals surface area contributed by atoms with Gasteiger partial charge in [-0.25, -0.2) is 0 Å². The minimum atomic E-state index is 0.0973. The highest BCUT2D eigenvalue weighted by atomic mass is 16.3. The Morgan fingerprint density at radius 3 is 2.62 bits per heavy atom. The van der Waals surface area contributed by atoms with Gasteiger partial charge in [0.15, 0.2) is 0 Å². The number of benzene rings is 1. The number of nitrogens with one attached hydrogen (secondary N) is 1. The Kier molecular flexibility index (Phi) is 3.51. The molecule has 0 aliphatic carbocycles. The number of rotatable bonds is 4. The lowest BCUT2D eigenvalue weighted by Gasteiger charge is -2.18. The van der Waals surface area contributed by atoms with E-state index in [0.717, 1.165) is 17.2 Å². The molecular formula is C16H20N4O. The van der Waals surface area contributed by atoms with Gasteiger partial charge in [-0.3, -0.25) is 5.32 Å². The van der Waals surface area contributed by atoms with Crippen LogP contribution in [0.4, 0.5) is 0 Å². The van der Waals surface area contributed by atoms with E-state index in [1.165, 1.54) is 10.9 Å². The summed E-state index contributed by atoms with van der Waals surface area (Å²) in [6, 6.07) is 8.33. The maximum Gasteiger partial charge on any atom is 0.149 e. The molecule has 0 bridgehead atoms. The molecule has 1 aromatic carbocycles. The van der Waals surface area contributed by atoms with Crippen LogP contribution in [-0.4, -0.2) is 14.8 Å². The molecule has 21 heavy (non-hydrogen) atoms. The molecule has 110 valence electrons. The molecule has 0 fully saturated rings. The van der Waals surface area contributed by atoms with Crippen LogP contribution in [0.15, 0.2) is 35.0 Å². The zero-order valence-corrected chi connectivity index (χ0v) is 12.8. The molecule has 2 aromatic heterocycles. The summed E-state index contributed by atoms with van der Waals surface area (Å²) in [6.45, 7) is 6.29. The fourth-order valence-electron chi connectivity index (χ4n) is 2.82. The lowest BCUT2D eigenvalue weighted by molar-refractivity contribution is 0.402. The van der Waals surface area contributed by atoms with Crippen LogP contribution in [0.3, 0.4) is 0 Å². The second kappa shape index (κ2) is 5.33. The Bertz CT molecular complexity index is 759. The molecule has 0 saturated carbocycles. The van der Waals surface area contributed by atoms with Crippen molar-refractivity contribution in [3.05, 3.63) is 47.7 Å². The third kappa shape index (κ3) is 2.45. The summed E-state index contributed by atoms with van der Waals surface area (Å²) in [4.78, 5) is 0. The van der Waals surface area contributed by atoms with Crippen molar-refractivity contribution in [3.8, 4) is 0 Å². The van der Waals surface area contributed by atoms with Gasteiger partial charge in [0.25, 0.3) is 0 Å². The average Bonchev–Trinajstić information content (AvgIpc) is 3.03. The predicted octanol–water partition coefficient (Wildman–Crippen LogP) is 3.28. The number of hydrogen-bond donors (Lipinski definition) is 1. The van der Waals surface area contributed by atoms with E-state index in [9.17, 15) is 0 Å². The minimum absolute atomic E-state index is 0.0973. The van der Waals surface area contributed by atoms with E-state index in [2.05, 4.69) is 42.4 Å². The molecule has 5 nitrogen and oxygen atoms in total. The Morgan fingerprint density at radius 2 is 1.95 bits per heavy atom. The van der Waals surface area contributed by atoms with Crippen molar-refractivity contribution in [3.63, 3.8) is 0 Å². The van der Waals surface area contributed by atoms with Gasteiger partial charge in [-0.15, -0.1) is 10.2 Å². The summed E-state index contributed by atoms with van der Waals surface area (Å²) in [5, 5.41) is 12.8. The summed E-state index contributed by atoms with van der Waals surface area (Å²) in [5.41, 5.74) is 2.13. The normalized spacial score (nSPS) is 14.5. The zero-order valence-electron chi connectivity index (χ0n) is 12.8. The fraction of sp³-hybridized carbons (Fsp3) is 0.375. The molecule has 0 aliphatic heterocycles. The van der Waals surface area contributed by atoms with Gasteiger partial charge in [0.05, 0.1) is 12.1 Å². The van der Waals surface area contributed by atoms with Gasteiger partial charge in [0.1, 0.15) is 23.5 Å². The minimum Gasteiger partial charge on any atom is -0.459 e. The van der Waals surface area contributed by atoms with Crippen LogP contribution in [0.1, 0.15) is 43.1 Å². The first-order chi connectivity index (χ1) is 10.1. The van der Waals surface area contributed by atoms with Gasteiger partial charge in [-0.1, -0.05) is 18.2 Å². The number of aryl methyl sites for hydroxylation is 2. The molecule has 2 unspecified atom stereocenters. The Hall–Kier alpha value is -2.14. The van der Waals surface area contributed by atoms with Crippen LogP contribution >= 0.6 is 0 Å². The van der Waals surface area contributed by atoms with Crippen molar-refractivity contribution < 1.29 is 4.42 Å². The first-order valence-electron chi connectivity index (χ1n) is 7.16. The van der Waals surface area contributed by atoms with Crippen LogP contribution in [-0.2, 0) is 7.05 Å². The lowest BCUT2D eigenvalue weighted by Crippen LogP contribution is -2.24. The Labute approximate surface area is 124 Å². The van der Waals surface area contributed by atoms with Crippen LogP contribution in [0.5, 0.6) is 0 Å². The second-order valence-electron chi connectivity index (χ2n) is 5.50. The SMILES string of the molecule is Cc1c(C(C)NC(C)c2nncn2C)oc2ccccc12. The highest BCUT2D eigenvalue weighted by molar-refractivity contribution is 5.82. The van der Waals surface area contributed by atoms with E-state index < -0.39 is 0 Å². The molecule has 3 aromatic rings. The fourth-order valence-corrected chi connectivity index (χ4v) is 2.82. The number of furan rings is 1. The molecule has 3 rings (SSSR count). The number of aromatic nitrogens is 3. The molecule has 0 saturated heterocycles. The molecule has 0 aliphatic rings. The molecule has 2 atom stereocenters. The lowest BCUT2D eigenvalue weighted by atomic mass is 10.1. The first-order valence-corrected chi connectivity index (χ1v) is 7.16. The van der Waals surface area contributed by atoms with Gasteiger partial charge in [0, 0.05) is 12.4 Å². The standard InChI is InChI=1S/C16H20N4O/c1-10-13-7-5-6-8-14(13)21-15(10)11(2)18-12(3)16-19-17-9-20(16)4/h5-9,11-12,18H,1-4H3. The largest absolute Gasteiger partial charge is 0.459 e. The summed E-state index contributed by atoms with van der Waals surface area (Å²) < 4.78 is 7.93. The Balaban J connectivity index is 1.85. The van der Waals surface area contributed by atoms with Crippen LogP contribution < -0.4 is 5.32 Å². The predicted molar refractivity (Wildman–Crippen MR) is 81.9 cm³/mol. The van der Waals surface area contributed by atoms with Crippen LogP contribution in [0.25, 0.3) is 11.0 Å². The maximum absolute atomic E-state index is 6.00. The summed E-state index contributed by atoms with van der Waals surface area (Å²) in [6.07, 6.45) is 1.71. The van der Waals surface area contributed by atoms with Gasteiger partial charge in [-0.05, 0) is 32.4 Å². The van der Waals surface area contributed by atoms with E-state index in [-0.39, 0.29) is 12.1 Å². The average molecular weight is 284 g/mol. The zero-order chi connectivity index (χ0) is 15.0. The molecule has 1 N–H and O–H groups in total. The maximum atomic E-state index is 6.00. The van der Waals surface area contributed by atoms with Crippen molar-refractivity contribution in [2.24, 2.45) is 7.05 Å². The monoisotopic (exact) mass is 284 g/mol. The first kappa shape index (κ1) is 13.8. The third-order valence-electron chi connectivity index (χ3n) is 3.91. The van der Waals surface area contributed by atoms with E-state index in [1.807, 2.05) is 29.8 Å². The Morgan fingerprint density at radius 1 is 1.19 bits per heavy atom. The second-order valence-corrected chi connectivity index (χ2v) is 5.50. The van der Waals surface area contributed by atoms with Gasteiger partial charge >= 0.3 is 0 Å². The van der Waals surface area contributed by atoms with E-state index >= 15 is 0 Å². The van der Waals surface area contributed by atoms with Gasteiger partial charge in [0.2, 0.25) is 0 Å². The smallest absolute Gasteiger partial charge is 0.149 e. The van der Waals surface area contributed by atoms with Crippen molar-refractivity contribution >= 4 is 11.0 Å². The number of para-hydroxylation sites is 1. The molecule has 0 radical (unpaired) electrons. The summed E-state index contributed by atoms with van der Waals surface area (Å²) >= 11 is 0. The quantitative estimate of drug-likeness (QED) is 0.798. The van der Waals surface area contributed by atoms with Gasteiger partial charge < -0.3 is 8.98 Å². The van der Waals surface area contributed by atoms with Crippen molar-refractivity contribution in [2.75, 3.05) is 0 Å². The molecular weight excluding hydrogens is 264 g/mol. The number of hydrogen-bond acceptors (Lipinski definition) is 4. The van der Waals surface area contributed by atoms with E-state index in [0.29, 0.717) is 0 Å². The third-order valence-corrected chi connectivity index (χ3v) is 3.91. The number of fused-ring (bicyclic) bond motifs is 1. The summed E-state index contributed by atoms with van der Waals surface area (Å²) in [7, 11) is 1.95. The van der Waals surface area contributed by atoms with Crippen molar-refractivity contribution in [1.82, 2.24) is 20.1 Å². The van der Waals surface area contributed by atoms with Crippen molar-refractivity contribution in [2.45, 2.75) is 32.9 Å². The number of nitrogens with zero attached hydrogens (tertiary/aromatic N) is 3. The topological polar surface area (TPSA) is 55.9 Å². The van der Waals surface area contributed by atoms with Crippen LogP contribution in [0.2, 0.25) is 0 Å². The van der Waals surface area contributed by atoms with Crippen LogP contribution in [0, 0.1) is 6.92 Å². The highest BCUT2D eigenvalue weighted by Gasteiger charge is 2.20. The summed E-state index contributed by atoms with van der Waals surface area (Å²) in [5.74, 6) is 1.89. The molecule has 0 amide bonds.